The molecule has 13 heavy (non-hydrogen) atoms. The predicted molar refractivity (Wildman–Crippen MR) is 53.0 cm³/mol. The highest BCUT2D eigenvalue weighted by molar-refractivity contribution is 5.85. The van der Waals surface area contributed by atoms with Crippen molar-refractivity contribution < 1.29 is 9.53 Å². The SMILES string of the molecule is CC(N)C(=O)Oc1ccccc1.Cl. The molecule has 0 radical (unpaired) electrons. The van der Waals surface area contributed by atoms with Crippen LogP contribution in [-0.2, 0) is 4.79 Å². The number of hydrogen-bond donors (Lipinski definition) is 1. The summed E-state index contributed by atoms with van der Waals surface area (Å²) in [7, 11) is 0. The molecule has 1 unspecified atom stereocenters. The average molecular weight is 202 g/mol. The Hall–Kier alpha value is -1.06. The lowest BCUT2D eigenvalue weighted by Gasteiger charge is -2.05. The van der Waals surface area contributed by atoms with Gasteiger partial charge in [0.2, 0.25) is 0 Å². The van der Waals surface area contributed by atoms with Gasteiger partial charge < -0.3 is 10.5 Å². The summed E-state index contributed by atoms with van der Waals surface area (Å²) in [5.74, 6) is 0.112. The van der Waals surface area contributed by atoms with Gasteiger partial charge in [-0.25, -0.2) is 4.79 Å². The third-order valence-electron chi connectivity index (χ3n) is 1.33. The van der Waals surface area contributed by atoms with Crippen molar-refractivity contribution >= 4 is 18.4 Å². The van der Waals surface area contributed by atoms with E-state index in [0.29, 0.717) is 5.75 Å². The number of carbonyl (C=O) groups excluding carboxylic acids is 1. The molecule has 0 heterocycles. The van der Waals surface area contributed by atoms with E-state index < -0.39 is 12.0 Å². The van der Waals surface area contributed by atoms with Crippen molar-refractivity contribution in [1.82, 2.24) is 0 Å². The second-order valence-electron chi connectivity index (χ2n) is 2.52. The smallest absolute Gasteiger partial charge is 0.328 e. The van der Waals surface area contributed by atoms with Crippen LogP contribution in [-0.4, -0.2) is 12.0 Å². The van der Waals surface area contributed by atoms with E-state index in [2.05, 4.69) is 0 Å². The van der Waals surface area contributed by atoms with Crippen LogP contribution in [0.2, 0.25) is 0 Å². The first kappa shape index (κ1) is 11.9. The topological polar surface area (TPSA) is 52.3 Å². The molecule has 1 atom stereocenters. The first-order valence-electron chi connectivity index (χ1n) is 3.72. The molecule has 0 fully saturated rings. The first-order valence-corrected chi connectivity index (χ1v) is 3.72. The molecular weight excluding hydrogens is 190 g/mol. The van der Waals surface area contributed by atoms with Crippen molar-refractivity contribution in [3.05, 3.63) is 30.3 Å². The lowest BCUT2D eigenvalue weighted by molar-refractivity contribution is -0.135. The quantitative estimate of drug-likeness (QED) is 0.581. The summed E-state index contributed by atoms with van der Waals surface area (Å²) in [6, 6.07) is 8.28. The molecule has 0 saturated heterocycles. The lowest BCUT2D eigenvalue weighted by Crippen LogP contribution is -2.30. The van der Waals surface area contributed by atoms with E-state index in [4.69, 9.17) is 10.5 Å². The minimum atomic E-state index is -0.579. The molecule has 0 amide bonds. The van der Waals surface area contributed by atoms with Crippen LogP contribution >= 0.6 is 12.4 Å². The zero-order valence-corrected chi connectivity index (χ0v) is 8.08. The van der Waals surface area contributed by atoms with E-state index in [1.54, 1.807) is 31.2 Å². The van der Waals surface area contributed by atoms with Crippen LogP contribution in [0.25, 0.3) is 0 Å². The Morgan fingerprint density at radius 2 is 1.92 bits per heavy atom. The van der Waals surface area contributed by atoms with Crippen LogP contribution in [0.5, 0.6) is 5.75 Å². The number of para-hydroxylation sites is 1. The molecule has 0 bridgehead atoms. The standard InChI is InChI=1S/C9H11NO2.ClH/c1-7(10)9(11)12-8-5-3-2-4-6-8;/h2-7H,10H2,1H3;1H. The Bertz CT molecular complexity index is 262. The summed E-state index contributed by atoms with van der Waals surface area (Å²) in [6.07, 6.45) is 0. The molecule has 0 aliphatic carbocycles. The maximum atomic E-state index is 11.0. The third-order valence-corrected chi connectivity index (χ3v) is 1.33. The number of nitrogens with two attached hydrogens (primary N) is 1. The Balaban J connectivity index is 0.00000144. The highest BCUT2D eigenvalue weighted by Gasteiger charge is 2.08. The van der Waals surface area contributed by atoms with Crippen LogP contribution in [0.1, 0.15) is 6.92 Å². The Morgan fingerprint density at radius 1 is 1.38 bits per heavy atom. The van der Waals surface area contributed by atoms with Crippen molar-refractivity contribution in [2.24, 2.45) is 5.73 Å². The normalized spacial score (nSPS) is 11.2. The van der Waals surface area contributed by atoms with Gasteiger partial charge in [-0.15, -0.1) is 12.4 Å². The fraction of sp³-hybridized carbons (Fsp3) is 0.222. The van der Waals surface area contributed by atoms with Gasteiger partial charge in [0.1, 0.15) is 11.8 Å². The van der Waals surface area contributed by atoms with Gasteiger partial charge in [-0.05, 0) is 19.1 Å². The zero-order chi connectivity index (χ0) is 8.97. The second-order valence-corrected chi connectivity index (χ2v) is 2.52. The molecule has 1 aromatic carbocycles. The van der Waals surface area contributed by atoms with E-state index in [-0.39, 0.29) is 12.4 Å². The second kappa shape index (κ2) is 5.56. The monoisotopic (exact) mass is 201 g/mol. The molecule has 4 heteroatoms. The number of rotatable bonds is 2. The van der Waals surface area contributed by atoms with Crippen LogP contribution in [0.4, 0.5) is 0 Å². The fourth-order valence-corrected chi connectivity index (χ4v) is 0.698. The maximum absolute atomic E-state index is 11.0. The molecule has 72 valence electrons. The average Bonchev–Trinajstić information content (AvgIpc) is 2.06. The van der Waals surface area contributed by atoms with E-state index in [1.165, 1.54) is 0 Å². The minimum absolute atomic E-state index is 0. The Morgan fingerprint density at radius 3 is 2.38 bits per heavy atom. The van der Waals surface area contributed by atoms with Gasteiger partial charge in [0.15, 0.2) is 0 Å². The van der Waals surface area contributed by atoms with Crippen molar-refractivity contribution in [3.63, 3.8) is 0 Å². The molecule has 2 N–H and O–H groups in total. The van der Waals surface area contributed by atoms with Crippen molar-refractivity contribution in [2.45, 2.75) is 13.0 Å². The van der Waals surface area contributed by atoms with Gasteiger partial charge in [0.05, 0.1) is 0 Å². The molecular formula is C9H12ClNO2. The summed E-state index contributed by atoms with van der Waals surface area (Å²) in [4.78, 5) is 11.0. The number of esters is 1. The summed E-state index contributed by atoms with van der Waals surface area (Å²) in [5, 5.41) is 0. The largest absolute Gasteiger partial charge is 0.425 e. The van der Waals surface area contributed by atoms with Gasteiger partial charge in [0, 0.05) is 0 Å². The Kier molecular flexibility index (Phi) is 5.11. The van der Waals surface area contributed by atoms with Crippen LogP contribution in [0.15, 0.2) is 30.3 Å². The van der Waals surface area contributed by atoms with E-state index >= 15 is 0 Å². The van der Waals surface area contributed by atoms with Gasteiger partial charge in [-0.3, -0.25) is 0 Å². The van der Waals surface area contributed by atoms with E-state index in [0.717, 1.165) is 0 Å². The van der Waals surface area contributed by atoms with Crippen LogP contribution < -0.4 is 10.5 Å². The molecule has 0 spiro atoms. The number of halogens is 1. The van der Waals surface area contributed by atoms with E-state index in [9.17, 15) is 4.79 Å². The molecule has 0 aliphatic heterocycles. The summed E-state index contributed by atoms with van der Waals surface area (Å²) in [6.45, 7) is 1.59. The number of hydrogen-bond acceptors (Lipinski definition) is 3. The highest BCUT2D eigenvalue weighted by Crippen LogP contribution is 2.08. The van der Waals surface area contributed by atoms with E-state index in [1.807, 2.05) is 6.07 Å². The maximum Gasteiger partial charge on any atom is 0.328 e. The summed E-state index contributed by atoms with van der Waals surface area (Å²) >= 11 is 0. The zero-order valence-electron chi connectivity index (χ0n) is 7.27. The molecule has 1 rings (SSSR count). The third kappa shape index (κ3) is 3.92. The fourth-order valence-electron chi connectivity index (χ4n) is 0.698. The summed E-state index contributed by atoms with van der Waals surface area (Å²) < 4.78 is 4.91. The number of ether oxygens (including phenoxy) is 1. The first-order chi connectivity index (χ1) is 5.70. The molecule has 0 saturated carbocycles. The summed E-state index contributed by atoms with van der Waals surface area (Å²) in [5.41, 5.74) is 5.31. The Labute approximate surface area is 83.3 Å². The molecule has 0 aliphatic rings. The molecule has 1 aromatic rings. The van der Waals surface area contributed by atoms with Gasteiger partial charge >= 0.3 is 5.97 Å². The predicted octanol–water partition coefficient (Wildman–Crippen LogP) is 1.36. The van der Waals surface area contributed by atoms with Crippen molar-refractivity contribution in [1.29, 1.82) is 0 Å². The lowest BCUT2D eigenvalue weighted by atomic mass is 10.3. The van der Waals surface area contributed by atoms with Gasteiger partial charge in [0.25, 0.3) is 0 Å². The number of carbonyl (C=O) groups is 1. The highest BCUT2D eigenvalue weighted by atomic mass is 35.5. The molecule has 0 aromatic heterocycles. The minimum Gasteiger partial charge on any atom is -0.425 e. The van der Waals surface area contributed by atoms with Crippen molar-refractivity contribution in [3.8, 4) is 5.75 Å². The van der Waals surface area contributed by atoms with Crippen LogP contribution in [0, 0.1) is 0 Å². The number of benzene rings is 1. The molecule has 3 nitrogen and oxygen atoms in total. The van der Waals surface area contributed by atoms with Gasteiger partial charge in [-0.1, -0.05) is 18.2 Å². The van der Waals surface area contributed by atoms with Gasteiger partial charge in [-0.2, -0.15) is 0 Å². The van der Waals surface area contributed by atoms with Crippen molar-refractivity contribution in [2.75, 3.05) is 0 Å². The van der Waals surface area contributed by atoms with Crippen LogP contribution in [0.3, 0.4) is 0 Å².